The van der Waals surface area contributed by atoms with Crippen LogP contribution in [-0.4, -0.2) is 25.2 Å². The molecular formula is C8H12N6S2. The third-order valence-electron chi connectivity index (χ3n) is 1.89. The number of anilines is 1. The third-order valence-corrected chi connectivity index (χ3v) is 3.90. The molecule has 0 unspecified atom stereocenters. The zero-order valence-corrected chi connectivity index (χ0v) is 10.5. The first-order valence-electron chi connectivity index (χ1n) is 4.88. The van der Waals surface area contributed by atoms with Gasteiger partial charge in [-0.05, 0) is 16.8 Å². The lowest BCUT2D eigenvalue weighted by molar-refractivity contribution is 0.564. The summed E-state index contributed by atoms with van der Waals surface area (Å²) in [6.45, 7) is 2.95. The van der Waals surface area contributed by atoms with Crippen LogP contribution in [0.1, 0.15) is 19.2 Å². The van der Waals surface area contributed by atoms with E-state index in [-0.39, 0.29) is 0 Å². The first-order valence-corrected chi connectivity index (χ1v) is 6.69. The maximum Gasteiger partial charge on any atom is 0.181 e. The molecule has 16 heavy (non-hydrogen) atoms. The number of nitrogens with zero attached hydrogens (tertiary/aromatic N) is 5. The zero-order chi connectivity index (χ0) is 11.4. The minimum atomic E-state index is 0.593. The highest BCUT2D eigenvalue weighted by Crippen LogP contribution is 2.28. The van der Waals surface area contributed by atoms with Crippen LogP contribution < -0.4 is 5.73 Å². The van der Waals surface area contributed by atoms with E-state index in [1.807, 2.05) is 4.68 Å². The van der Waals surface area contributed by atoms with E-state index in [9.17, 15) is 0 Å². The Bertz CT molecular complexity index is 451. The highest BCUT2D eigenvalue weighted by atomic mass is 32.2. The number of nitrogen functional groups attached to an aromatic ring is 1. The highest BCUT2D eigenvalue weighted by Gasteiger charge is 2.07. The van der Waals surface area contributed by atoms with E-state index in [4.69, 9.17) is 5.73 Å². The largest absolute Gasteiger partial charge is 0.375 e. The predicted octanol–water partition coefficient (Wildman–Crippen LogP) is 1.41. The molecule has 0 spiro atoms. The highest BCUT2D eigenvalue weighted by molar-refractivity contribution is 8.00. The average Bonchev–Trinajstić information content (AvgIpc) is 2.85. The fourth-order valence-corrected chi connectivity index (χ4v) is 2.88. The molecule has 8 heteroatoms. The van der Waals surface area contributed by atoms with E-state index < -0.39 is 0 Å². The number of aromatic nitrogens is 5. The summed E-state index contributed by atoms with van der Waals surface area (Å²) in [5, 5.41) is 12.2. The van der Waals surface area contributed by atoms with Crippen molar-refractivity contribution in [2.75, 3.05) is 5.73 Å². The van der Waals surface area contributed by atoms with Crippen LogP contribution in [0.15, 0.2) is 10.4 Å². The lowest BCUT2D eigenvalue weighted by Crippen LogP contribution is -2.04. The molecule has 0 saturated heterocycles. The van der Waals surface area contributed by atoms with Crippen molar-refractivity contribution in [3.63, 3.8) is 0 Å². The first kappa shape index (κ1) is 11.3. The second-order valence-electron chi connectivity index (χ2n) is 3.12. The molecule has 2 rings (SSSR count). The van der Waals surface area contributed by atoms with E-state index in [1.165, 1.54) is 11.3 Å². The van der Waals surface area contributed by atoms with Gasteiger partial charge >= 0.3 is 0 Å². The topological polar surface area (TPSA) is 82.5 Å². The maximum absolute atomic E-state index is 5.55. The number of aryl methyl sites for hydroxylation is 1. The maximum atomic E-state index is 5.55. The fraction of sp³-hybridized carbons (Fsp3) is 0.500. The van der Waals surface area contributed by atoms with Crippen LogP contribution in [0, 0.1) is 0 Å². The zero-order valence-electron chi connectivity index (χ0n) is 8.83. The first-order chi connectivity index (χ1) is 7.79. The van der Waals surface area contributed by atoms with Gasteiger partial charge in [0.25, 0.3) is 0 Å². The van der Waals surface area contributed by atoms with Gasteiger partial charge in [0.05, 0.1) is 16.2 Å². The lowest BCUT2D eigenvalue weighted by atomic mass is 10.5. The molecule has 2 N–H and O–H groups in total. The number of thiazole rings is 1. The van der Waals surface area contributed by atoms with Gasteiger partial charge < -0.3 is 5.73 Å². The van der Waals surface area contributed by atoms with Crippen molar-refractivity contribution in [2.45, 2.75) is 29.9 Å². The summed E-state index contributed by atoms with van der Waals surface area (Å²) in [5.74, 6) is 1.63. The molecule has 6 nitrogen and oxygen atoms in total. The fourth-order valence-electron chi connectivity index (χ4n) is 1.19. The van der Waals surface area contributed by atoms with Gasteiger partial charge in [0.1, 0.15) is 0 Å². The monoisotopic (exact) mass is 256 g/mol. The quantitative estimate of drug-likeness (QED) is 0.814. The Kier molecular flexibility index (Phi) is 3.73. The summed E-state index contributed by atoms with van der Waals surface area (Å²) in [6.07, 6.45) is 2.80. The van der Waals surface area contributed by atoms with Crippen LogP contribution in [-0.2, 0) is 12.3 Å². The molecule has 0 aromatic carbocycles. The Morgan fingerprint density at radius 2 is 2.44 bits per heavy atom. The van der Waals surface area contributed by atoms with Crippen molar-refractivity contribution in [3.8, 4) is 0 Å². The molecular weight excluding hydrogens is 244 g/mol. The van der Waals surface area contributed by atoms with Crippen LogP contribution in [0.2, 0.25) is 0 Å². The van der Waals surface area contributed by atoms with Gasteiger partial charge in [-0.1, -0.05) is 18.3 Å². The molecule has 2 aromatic heterocycles. The van der Waals surface area contributed by atoms with Crippen LogP contribution in [0.25, 0.3) is 0 Å². The molecule has 0 fully saturated rings. The number of thioether (sulfide) groups is 1. The van der Waals surface area contributed by atoms with Crippen molar-refractivity contribution < 1.29 is 0 Å². The summed E-state index contributed by atoms with van der Waals surface area (Å²) in [7, 11) is 0. The van der Waals surface area contributed by atoms with Crippen LogP contribution >= 0.6 is 23.1 Å². The number of hydrogen-bond donors (Lipinski definition) is 1. The van der Waals surface area contributed by atoms with Gasteiger partial charge in [0.15, 0.2) is 11.0 Å². The van der Waals surface area contributed by atoms with E-state index >= 15 is 0 Å². The number of nitrogens with two attached hydrogens (primary N) is 1. The number of hydrogen-bond acceptors (Lipinski definition) is 7. The van der Waals surface area contributed by atoms with Gasteiger partial charge in [0.2, 0.25) is 0 Å². The normalized spacial score (nSPS) is 10.8. The van der Waals surface area contributed by atoms with Crippen molar-refractivity contribution >= 4 is 28.2 Å². The van der Waals surface area contributed by atoms with E-state index in [2.05, 4.69) is 27.4 Å². The minimum Gasteiger partial charge on any atom is -0.375 e. The van der Waals surface area contributed by atoms with E-state index in [0.717, 1.165) is 28.8 Å². The van der Waals surface area contributed by atoms with Crippen LogP contribution in [0.4, 0.5) is 5.13 Å². The second-order valence-corrected chi connectivity index (χ2v) is 5.46. The molecule has 0 aliphatic carbocycles. The lowest BCUT2D eigenvalue weighted by Gasteiger charge is -2.00. The molecule has 0 radical (unpaired) electrons. The van der Waals surface area contributed by atoms with Gasteiger partial charge in [-0.2, -0.15) is 0 Å². The SMILES string of the molecule is CCCn1nnnc1CSc1cnc(N)s1. The Morgan fingerprint density at radius 1 is 1.56 bits per heavy atom. The van der Waals surface area contributed by atoms with Gasteiger partial charge in [-0.3, -0.25) is 0 Å². The Balaban J connectivity index is 1.96. The Hall–Kier alpha value is -1.15. The molecule has 0 saturated carbocycles. The Labute approximate surface area is 101 Å². The molecule has 0 aliphatic heterocycles. The molecule has 86 valence electrons. The van der Waals surface area contributed by atoms with Crippen molar-refractivity contribution in [3.05, 3.63) is 12.0 Å². The van der Waals surface area contributed by atoms with E-state index in [0.29, 0.717) is 5.13 Å². The summed E-state index contributed by atoms with van der Waals surface area (Å²) >= 11 is 3.13. The molecule has 2 aromatic rings. The summed E-state index contributed by atoms with van der Waals surface area (Å²) < 4.78 is 2.92. The molecule has 0 bridgehead atoms. The second kappa shape index (κ2) is 5.26. The molecule has 0 aliphatic rings. The molecule has 2 heterocycles. The molecule has 0 atom stereocenters. The summed E-state index contributed by atoms with van der Waals surface area (Å²) in [6, 6.07) is 0. The molecule has 0 amide bonds. The number of rotatable bonds is 5. The van der Waals surface area contributed by atoms with Gasteiger partial charge in [0, 0.05) is 6.54 Å². The predicted molar refractivity (Wildman–Crippen MR) is 64.2 cm³/mol. The van der Waals surface area contributed by atoms with Crippen molar-refractivity contribution in [1.29, 1.82) is 0 Å². The van der Waals surface area contributed by atoms with E-state index in [1.54, 1.807) is 18.0 Å². The van der Waals surface area contributed by atoms with Crippen molar-refractivity contribution in [2.24, 2.45) is 0 Å². The average molecular weight is 256 g/mol. The van der Waals surface area contributed by atoms with Gasteiger partial charge in [-0.25, -0.2) is 9.67 Å². The third kappa shape index (κ3) is 2.70. The minimum absolute atomic E-state index is 0.593. The summed E-state index contributed by atoms with van der Waals surface area (Å²) in [5.41, 5.74) is 5.55. The van der Waals surface area contributed by atoms with Crippen LogP contribution in [0.5, 0.6) is 0 Å². The van der Waals surface area contributed by atoms with Gasteiger partial charge in [-0.15, -0.1) is 16.9 Å². The summed E-state index contributed by atoms with van der Waals surface area (Å²) in [4.78, 5) is 3.99. The van der Waals surface area contributed by atoms with Crippen molar-refractivity contribution in [1.82, 2.24) is 25.2 Å². The Morgan fingerprint density at radius 3 is 3.12 bits per heavy atom. The standard InChI is InChI=1S/C8H12N6S2/c1-2-3-14-6(11-12-13-14)5-15-7-4-10-8(9)16-7/h4H,2-3,5H2,1H3,(H2,9,10). The van der Waals surface area contributed by atoms with Crippen LogP contribution in [0.3, 0.4) is 0 Å². The number of tetrazole rings is 1. The smallest absolute Gasteiger partial charge is 0.181 e.